The maximum Gasteiger partial charge on any atom is 0.405 e. The summed E-state index contributed by atoms with van der Waals surface area (Å²) in [7, 11) is 0. The van der Waals surface area contributed by atoms with E-state index in [-0.39, 0.29) is 17.1 Å². The van der Waals surface area contributed by atoms with Gasteiger partial charge in [-0.3, -0.25) is 9.59 Å². The summed E-state index contributed by atoms with van der Waals surface area (Å²) in [6, 6.07) is 11.0. The average molecular weight is 421 g/mol. The number of amides is 2. The zero-order chi connectivity index (χ0) is 21.9. The Balaban J connectivity index is 1.79. The van der Waals surface area contributed by atoms with Crippen LogP contribution in [0.5, 0.6) is 0 Å². The maximum absolute atomic E-state index is 13.1. The minimum absolute atomic E-state index is 0.00189. The van der Waals surface area contributed by atoms with Gasteiger partial charge in [-0.05, 0) is 43.3 Å². The molecule has 30 heavy (non-hydrogen) atoms. The topological polar surface area (TPSA) is 88.9 Å². The van der Waals surface area contributed by atoms with E-state index in [9.17, 15) is 27.2 Å². The molecule has 0 bridgehead atoms. The van der Waals surface area contributed by atoms with Crippen LogP contribution in [0.15, 0.2) is 48.5 Å². The van der Waals surface area contributed by atoms with Gasteiger partial charge in [0.1, 0.15) is 18.2 Å². The van der Waals surface area contributed by atoms with Crippen LogP contribution in [0.1, 0.15) is 26.8 Å². The van der Waals surface area contributed by atoms with Gasteiger partial charge >= 0.3 is 6.18 Å². The van der Waals surface area contributed by atoms with E-state index in [1.54, 1.807) is 12.2 Å². The van der Waals surface area contributed by atoms with Crippen LogP contribution in [0, 0.1) is 12.7 Å². The molecule has 0 aliphatic heterocycles. The van der Waals surface area contributed by atoms with Gasteiger partial charge in [-0.2, -0.15) is 13.2 Å². The van der Waals surface area contributed by atoms with Crippen molar-refractivity contribution in [3.63, 3.8) is 0 Å². The van der Waals surface area contributed by atoms with Crippen molar-refractivity contribution in [1.82, 2.24) is 20.1 Å². The fourth-order valence-electron chi connectivity index (χ4n) is 2.56. The summed E-state index contributed by atoms with van der Waals surface area (Å²) in [4.78, 5) is 28.7. The summed E-state index contributed by atoms with van der Waals surface area (Å²) in [5, 5.41) is 8.25. The molecule has 0 unspecified atom stereocenters. The predicted molar refractivity (Wildman–Crippen MR) is 98.8 cm³/mol. The summed E-state index contributed by atoms with van der Waals surface area (Å²) < 4.78 is 51.5. The number of carbonyl (C=O) groups excluding carboxylic acids is 2. The second-order valence-corrected chi connectivity index (χ2v) is 6.17. The quantitative estimate of drug-likeness (QED) is 0.619. The third-order valence-corrected chi connectivity index (χ3v) is 3.91. The van der Waals surface area contributed by atoms with Crippen molar-refractivity contribution >= 4 is 17.5 Å². The molecule has 7 nitrogen and oxygen atoms in total. The van der Waals surface area contributed by atoms with Crippen LogP contribution in [0.25, 0.3) is 5.69 Å². The van der Waals surface area contributed by atoms with Gasteiger partial charge in [-0.15, -0.1) is 5.10 Å². The number of nitrogens with one attached hydrogen (secondary N) is 2. The first-order valence-electron chi connectivity index (χ1n) is 8.59. The lowest BCUT2D eigenvalue weighted by Crippen LogP contribution is -2.34. The normalized spacial score (nSPS) is 11.2. The summed E-state index contributed by atoms with van der Waals surface area (Å²) in [6.45, 7) is 0.0859. The lowest BCUT2D eigenvalue weighted by Gasteiger charge is -2.12. The van der Waals surface area contributed by atoms with Crippen LogP contribution in [-0.4, -0.2) is 39.3 Å². The molecule has 0 radical (unpaired) electrons. The number of alkyl halides is 3. The second kappa shape index (κ2) is 8.31. The van der Waals surface area contributed by atoms with E-state index in [0.29, 0.717) is 11.5 Å². The monoisotopic (exact) mass is 421 g/mol. The van der Waals surface area contributed by atoms with Crippen molar-refractivity contribution in [2.24, 2.45) is 0 Å². The smallest absolute Gasteiger partial charge is 0.343 e. The number of rotatable bonds is 5. The second-order valence-electron chi connectivity index (χ2n) is 6.17. The average Bonchev–Trinajstić information content (AvgIpc) is 3.08. The molecule has 0 aliphatic carbocycles. The molecule has 0 saturated carbocycles. The van der Waals surface area contributed by atoms with Gasteiger partial charge in [0.2, 0.25) is 5.82 Å². The summed E-state index contributed by atoms with van der Waals surface area (Å²) in [6.07, 6.45) is -4.57. The first-order chi connectivity index (χ1) is 14.1. The molecule has 2 aromatic carbocycles. The SMILES string of the molecule is Cc1nc(C(=O)Nc2ccccc2C(=O)NCC(F)(F)F)nn1-c1ccc(F)cc1. The van der Waals surface area contributed by atoms with Crippen LogP contribution in [-0.2, 0) is 0 Å². The van der Waals surface area contributed by atoms with Crippen LogP contribution in [0.4, 0.5) is 23.2 Å². The number of nitrogens with zero attached hydrogens (tertiary/aromatic N) is 3. The van der Waals surface area contributed by atoms with E-state index >= 15 is 0 Å². The number of benzene rings is 2. The highest BCUT2D eigenvalue weighted by Gasteiger charge is 2.28. The third-order valence-electron chi connectivity index (χ3n) is 3.91. The van der Waals surface area contributed by atoms with Crippen molar-refractivity contribution in [2.75, 3.05) is 11.9 Å². The van der Waals surface area contributed by atoms with Crippen molar-refractivity contribution < 1.29 is 27.2 Å². The van der Waals surface area contributed by atoms with Crippen LogP contribution < -0.4 is 10.6 Å². The van der Waals surface area contributed by atoms with E-state index in [0.717, 1.165) is 0 Å². The van der Waals surface area contributed by atoms with E-state index in [4.69, 9.17) is 0 Å². The Morgan fingerprint density at radius 3 is 2.37 bits per heavy atom. The largest absolute Gasteiger partial charge is 0.405 e. The van der Waals surface area contributed by atoms with Gasteiger partial charge in [0, 0.05) is 0 Å². The number of carbonyl (C=O) groups is 2. The Bertz CT molecular complexity index is 1080. The molecule has 11 heteroatoms. The summed E-state index contributed by atoms with van der Waals surface area (Å²) >= 11 is 0. The molecule has 156 valence electrons. The maximum atomic E-state index is 13.1. The van der Waals surface area contributed by atoms with Gasteiger partial charge in [0.05, 0.1) is 16.9 Å². The summed E-state index contributed by atoms with van der Waals surface area (Å²) in [5.41, 5.74) is 0.329. The minimum atomic E-state index is -4.57. The Morgan fingerprint density at radius 1 is 1.03 bits per heavy atom. The molecular weight excluding hydrogens is 406 g/mol. The number of para-hydroxylation sites is 1. The lowest BCUT2D eigenvalue weighted by atomic mass is 10.1. The number of halogens is 4. The van der Waals surface area contributed by atoms with Crippen LogP contribution in [0.3, 0.4) is 0 Å². The van der Waals surface area contributed by atoms with E-state index in [1.165, 1.54) is 53.2 Å². The molecular formula is C19H15F4N5O2. The highest BCUT2D eigenvalue weighted by Crippen LogP contribution is 2.18. The molecule has 0 aliphatic rings. The first-order valence-corrected chi connectivity index (χ1v) is 8.59. The van der Waals surface area contributed by atoms with Crippen molar-refractivity contribution in [3.05, 3.63) is 71.6 Å². The Hall–Kier alpha value is -3.76. The van der Waals surface area contributed by atoms with Crippen LogP contribution in [0.2, 0.25) is 0 Å². The van der Waals surface area contributed by atoms with Gasteiger partial charge in [0.15, 0.2) is 0 Å². The zero-order valence-electron chi connectivity index (χ0n) is 15.5. The Labute approximate surface area is 167 Å². The van der Waals surface area contributed by atoms with Crippen molar-refractivity contribution in [3.8, 4) is 5.69 Å². The Kier molecular flexibility index (Phi) is 5.81. The molecule has 2 amide bonds. The molecule has 1 aromatic heterocycles. The first kappa shape index (κ1) is 21.0. The van der Waals surface area contributed by atoms with Crippen molar-refractivity contribution in [1.29, 1.82) is 0 Å². The van der Waals surface area contributed by atoms with Gasteiger partial charge in [-0.1, -0.05) is 12.1 Å². The van der Waals surface area contributed by atoms with E-state index in [2.05, 4.69) is 15.4 Å². The predicted octanol–water partition coefficient (Wildman–Crippen LogP) is 3.26. The molecule has 3 rings (SSSR count). The molecule has 0 fully saturated rings. The highest BCUT2D eigenvalue weighted by molar-refractivity contribution is 6.07. The van der Waals surface area contributed by atoms with Gasteiger partial charge < -0.3 is 10.6 Å². The van der Waals surface area contributed by atoms with E-state index < -0.39 is 30.4 Å². The van der Waals surface area contributed by atoms with E-state index in [1.807, 2.05) is 0 Å². The number of hydrogen-bond acceptors (Lipinski definition) is 4. The summed E-state index contributed by atoms with van der Waals surface area (Å²) in [5.74, 6) is -2.08. The molecule has 2 N–H and O–H groups in total. The number of anilines is 1. The number of hydrogen-bond donors (Lipinski definition) is 2. The highest BCUT2D eigenvalue weighted by atomic mass is 19.4. The molecule has 0 saturated heterocycles. The number of aryl methyl sites for hydroxylation is 1. The van der Waals surface area contributed by atoms with Crippen LogP contribution >= 0.6 is 0 Å². The van der Waals surface area contributed by atoms with Gasteiger partial charge in [0.25, 0.3) is 11.8 Å². The number of aromatic nitrogens is 3. The minimum Gasteiger partial charge on any atom is -0.343 e. The fourth-order valence-corrected chi connectivity index (χ4v) is 2.56. The zero-order valence-corrected chi connectivity index (χ0v) is 15.5. The molecule has 0 spiro atoms. The molecule has 0 atom stereocenters. The molecule has 3 aromatic rings. The Morgan fingerprint density at radius 2 is 1.70 bits per heavy atom. The molecule has 1 heterocycles. The third kappa shape index (κ3) is 4.99. The lowest BCUT2D eigenvalue weighted by molar-refractivity contribution is -0.123. The fraction of sp³-hybridized carbons (Fsp3) is 0.158. The standard InChI is InChI=1S/C19H15F4N5O2/c1-11-25-16(27-28(11)13-8-6-12(20)7-9-13)18(30)26-15-5-3-2-4-14(15)17(29)24-10-19(21,22)23/h2-9H,10H2,1H3,(H,24,29)(H,26,30). The van der Waals surface area contributed by atoms with Gasteiger partial charge in [-0.25, -0.2) is 14.1 Å². The van der Waals surface area contributed by atoms with Crippen molar-refractivity contribution in [2.45, 2.75) is 13.1 Å².